The number of phenolic OH excluding ortho intramolecular Hbond substituents is 1. The quantitative estimate of drug-likeness (QED) is 0.534. The summed E-state index contributed by atoms with van der Waals surface area (Å²) in [6.07, 6.45) is 0.203. The second-order valence-corrected chi connectivity index (χ2v) is 9.23. The molecule has 33 heavy (non-hydrogen) atoms. The molecule has 0 radical (unpaired) electrons. The van der Waals surface area contributed by atoms with Crippen LogP contribution in [0, 0.1) is 0 Å². The largest absolute Gasteiger partial charge is 0.508 e. The predicted octanol–water partition coefficient (Wildman–Crippen LogP) is 5.32. The molecule has 0 saturated heterocycles. The number of Topliss-reactive ketones (excluding diaryl/α,β-unsaturated/α-hetero) is 1. The molecule has 0 aliphatic rings. The van der Waals surface area contributed by atoms with Crippen LogP contribution in [0.25, 0.3) is 0 Å². The van der Waals surface area contributed by atoms with E-state index >= 15 is 0 Å². The predicted molar refractivity (Wildman–Crippen MR) is 130 cm³/mol. The summed E-state index contributed by atoms with van der Waals surface area (Å²) in [4.78, 5) is 28.1. The monoisotopic (exact) mass is 445 g/mol. The molecule has 3 aromatic rings. The van der Waals surface area contributed by atoms with Crippen LogP contribution >= 0.6 is 0 Å². The second-order valence-electron chi connectivity index (χ2n) is 9.23. The number of nitrogens with zero attached hydrogens (tertiary/aromatic N) is 1. The highest BCUT2D eigenvalue weighted by molar-refractivity contribution is 5.98. The number of ketones is 1. The molecule has 0 aromatic heterocycles. The Hall–Kier alpha value is -3.60. The highest BCUT2D eigenvalue weighted by Crippen LogP contribution is 2.27. The first-order valence-corrected chi connectivity index (χ1v) is 10.9. The average Bonchev–Trinajstić information content (AvgIpc) is 2.79. The number of aromatic hydroxyl groups is 1. The summed E-state index contributed by atoms with van der Waals surface area (Å²) < 4.78 is 5.24. The van der Waals surface area contributed by atoms with E-state index in [1.807, 2.05) is 24.3 Å². The van der Waals surface area contributed by atoms with Crippen molar-refractivity contribution >= 4 is 11.7 Å². The first kappa shape index (κ1) is 24.1. The number of phenols is 1. The molecule has 3 rings (SSSR count). The Labute approximate surface area is 195 Å². The molecule has 0 heterocycles. The van der Waals surface area contributed by atoms with Gasteiger partial charge < -0.3 is 14.7 Å². The van der Waals surface area contributed by atoms with E-state index in [1.165, 1.54) is 22.6 Å². The van der Waals surface area contributed by atoms with Gasteiger partial charge in [-0.05, 0) is 58.5 Å². The van der Waals surface area contributed by atoms with E-state index in [-0.39, 0.29) is 29.3 Å². The van der Waals surface area contributed by atoms with Crippen LogP contribution in [0.5, 0.6) is 11.5 Å². The lowest BCUT2D eigenvalue weighted by Gasteiger charge is -2.28. The van der Waals surface area contributed by atoms with Gasteiger partial charge in [0.1, 0.15) is 17.5 Å². The van der Waals surface area contributed by atoms with E-state index < -0.39 is 6.04 Å². The standard InChI is InChI=1S/C28H31NO4/c1-28(2,3)22-12-6-19(7-13-22)18-25(31)26(20-10-16-24(33-5)17-11-20)29(4)27(32)21-8-14-23(30)15-9-21/h6-17,26,30H,18H2,1-5H3. The van der Waals surface area contributed by atoms with E-state index in [9.17, 15) is 14.7 Å². The fraction of sp³-hybridized carbons (Fsp3) is 0.286. The molecule has 0 saturated carbocycles. The van der Waals surface area contributed by atoms with Crippen molar-refractivity contribution in [3.63, 3.8) is 0 Å². The second kappa shape index (κ2) is 9.90. The number of carbonyl (C=O) groups excluding carboxylic acids is 2. The van der Waals surface area contributed by atoms with Gasteiger partial charge in [0.25, 0.3) is 5.91 Å². The molecule has 0 aliphatic heterocycles. The number of ether oxygens (including phenoxy) is 1. The molecule has 1 N–H and O–H groups in total. The van der Waals surface area contributed by atoms with E-state index in [1.54, 1.807) is 38.4 Å². The van der Waals surface area contributed by atoms with Crippen molar-refractivity contribution in [2.75, 3.05) is 14.2 Å². The summed E-state index contributed by atoms with van der Waals surface area (Å²) in [5.74, 6) is 0.372. The maximum absolute atomic E-state index is 13.5. The van der Waals surface area contributed by atoms with Crippen molar-refractivity contribution in [1.29, 1.82) is 0 Å². The van der Waals surface area contributed by atoms with Gasteiger partial charge in [-0.25, -0.2) is 0 Å². The number of rotatable bonds is 7. The zero-order valence-electron chi connectivity index (χ0n) is 19.8. The number of hydrogen-bond donors (Lipinski definition) is 1. The SMILES string of the molecule is COc1ccc(C(C(=O)Cc2ccc(C(C)(C)C)cc2)N(C)C(=O)c2ccc(O)cc2)cc1. The van der Waals surface area contributed by atoms with Crippen molar-refractivity contribution in [3.8, 4) is 11.5 Å². The van der Waals surface area contributed by atoms with Crippen LogP contribution < -0.4 is 4.74 Å². The fourth-order valence-corrected chi connectivity index (χ4v) is 3.76. The van der Waals surface area contributed by atoms with Gasteiger partial charge in [0.15, 0.2) is 5.78 Å². The summed E-state index contributed by atoms with van der Waals surface area (Å²) in [5, 5.41) is 9.54. The summed E-state index contributed by atoms with van der Waals surface area (Å²) in [7, 11) is 3.21. The fourth-order valence-electron chi connectivity index (χ4n) is 3.76. The molecule has 5 heteroatoms. The van der Waals surface area contributed by atoms with Crippen LogP contribution in [0.1, 0.15) is 53.9 Å². The van der Waals surface area contributed by atoms with Gasteiger partial charge in [-0.15, -0.1) is 0 Å². The van der Waals surface area contributed by atoms with Crippen LogP contribution in [-0.2, 0) is 16.6 Å². The van der Waals surface area contributed by atoms with Crippen LogP contribution in [0.15, 0.2) is 72.8 Å². The van der Waals surface area contributed by atoms with E-state index in [0.717, 1.165) is 5.56 Å². The topological polar surface area (TPSA) is 66.8 Å². The molecule has 172 valence electrons. The third-order valence-corrected chi connectivity index (χ3v) is 5.76. The molecule has 0 spiro atoms. The normalized spacial score (nSPS) is 12.2. The zero-order chi connectivity index (χ0) is 24.2. The Morgan fingerprint density at radius 3 is 2.00 bits per heavy atom. The molecule has 3 aromatic carbocycles. The molecular formula is C28H31NO4. The lowest BCUT2D eigenvalue weighted by Crippen LogP contribution is -2.36. The van der Waals surface area contributed by atoms with Crippen LogP contribution in [-0.4, -0.2) is 35.9 Å². The summed E-state index contributed by atoms with van der Waals surface area (Å²) >= 11 is 0. The van der Waals surface area contributed by atoms with Gasteiger partial charge in [0.2, 0.25) is 0 Å². The minimum absolute atomic E-state index is 0.0327. The van der Waals surface area contributed by atoms with Crippen LogP contribution in [0.3, 0.4) is 0 Å². The van der Waals surface area contributed by atoms with Gasteiger partial charge in [-0.2, -0.15) is 0 Å². The van der Waals surface area contributed by atoms with Crippen LogP contribution in [0.4, 0.5) is 0 Å². The molecule has 5 nitrogen and oxygen atoms in total. The molecule has 0 bridgehead atoms. The van der Waals surface area contributed by atoms with Crippen molar-refractivity contribution < 1.29 is 19.4 Å². The van der Waals surface area contributed by atoms with Crippen molar-refractivity contribution in [1.82, 2.24) is 4.90 Å². The molecule has 0 aliphatic carbocycles. The Bertz CT molecular complexity index is 1090. The third kappa shape index (κ3) is 5.80. The number of hydrogen-bond acceptors (Lipinski definition) is 4. The molecule has 1 unspecified atom stereocenters. The third-order valence-electron chi connectivity index (χ3n) is 5.76. The van der Waals surface area contributed by atoms with Gasteiger partial charge >= 0.3 is 0 Å². The van der Waals surface area contributed by atoms with Gasteiger partial charge in [0.05, 0.1) is 7.11 Å². The molecule has 1 atom stereocenters. The van der Waals surface area contributed by atoms with E-state index in [2.05, 4.69) is 32.9 Å². The number of carbonyl (C=O) groups is 2. The minimum Gasteiger partial charge on any atom is -0.508 e. The number of likely N-dealkylation sites (N-methyl/N-ethyl adjacent to an activating group) is 1. The van der Waals surface area contributed by atoms with Crippen molar-refractivity contribution in [2.45, 2.75) is 38.6 Å². The Morgan fingerprint density at radius 1 is 0.909 bits per heavy atom. The maximum atomic E-state index is 13.5. The first-order valence-electron chi connectivity index (χ1n) is 10.9. The first-order chi connectivity index (χ1) is 15.6. The van der Waals surface area contributed by atoms with Gasteiger partial charge in [0, 0.05) is 19.0 Å². The molecule has 1 amide bonds. The van der Waals surface area contributed by atoms with Crippen LogP contribution in [0.2, 0.25) is 0 Å². The highest BCUT2D eigenvalue weighted by atomic mass is 16.5. The number of benzene rings is 3. The Morgan fingerprint density at radius 2 is 1.48 bits per heavy atom. The number of amides is 1. The van der Waals surface area contributed by atoms with Gasteiger partial charge in [-0.1, -0.05) is 57.2 Å². The van der Waals surface area contributed by atoms with Crippen molar-refractivity contribution in [2.24, 2.45) is 0 Å². The number of methoxy groups -OCH3 is 1. The highest BCUT2D eigenvalue weighted by Gasteiger charge is 2.29. The summed E-state index contributed by atoms with van der Waals surface area (Å²) in [6, 6.07) is 20.5. The lowest BCUT2D eigenvalue weighted by atomic mass is 9.86. The van der Waals surface area contributed by atoms with Crippen molar-refractivity contribution in [3.05, 3.63) is 95.1 Å². The van der Waals surface area contributed by atoms with E-state index in [0.29, 0.717) is 16.9 Å². The summed E-state index contributed by atoms with van der Waals surface area (Å²) in [6.45, 7) is 6.45. The maximum Gasteiger partial charge on any atom is 0.254 e. The Kier molecular flexibility index (Phi) is 7.22. The van der Waals surface area contributed by atoms with E-state index in [4.69, 9.17) is 4.74 Å². The lowest BCUT2D eigenvalue weighted by molar-refractivity contribution is -0.122. The average molecular weight is 446 g/mol. The summed E-state index contributed by atoms with van der Waals surface area (Å²) in [5.41, 5.74) is 3.24. The molecule has 0 fully saturated rings. The Balaban J connectivity index is 1.91. The smallest absolute Gasteiger partial charge is 0.254 e. The minimum atomic E-state index is -0.764. The zero-order valence-corrected chi connectivity index (χ0v) is 19.8. The molecular weight excluding hydrogens is 414 g/mol. The van der Waals surface area contributed by atoms with Gasteiger partial charge in [-0.3, -0.25) is 9.59 Å².